The van der Waals surface area contributed by atoms with E-state index in [1.165, 1.54) is 15.6 Å². The second kappa shape index (κ2) is 3.89. The molecule has 2 rings (SSSR count). The summed E-state index contributed by atoms with van der Waals surface area (Å²) in [7, 11) is 0. The molecule has 1 aromatic carbocycles. The van der Waals surface area contributed by atoms with Gasteiger partial charge in [0, 0.05) is 10.6 Å². The summed E-state index contributed by atoms with van der Waals surface area (Å²) in [5.74, 6) is 0.465. The van der Waals surface area contributed by atoms with E-state index < -0.39 is 0 Å². The number of aryl methyl sites for hydroxylation is 1. The van der Waals surface area contributed by atoms with Crippen LogP contribution in [0.3, 0.4) is 0 Å². The van der Waals surface area contributed by atoms with Gasteiger partial charge in [0.1, 0.15) is 0 Å². The predicted octanol–water partition coefficient (Wildman–Crippen LogP) is 3.44. The van der Waals surface area contributed by atoms with Gasteiger partial charge in [0.15, 0.2) is 0 Å². The van der Waals surface area contributed by atoms with Crippen LogP contribution < -0.4 is 0 Å². The minimum atomic E-state index is 0.0662. The molecule has 0 radical (unpaired) electrons. The lowest BCUT2D eigenvalue weighted by Crippen LogP contribution is -1.93. The van der Waals surface area contributed by atoms with Crippen LogP contribution in [0.5, 0.6) is 0 Å². The number of alkyl halides is 1. The molecule has 0 spiro atoms. The highest BCUT2D eigenvalue weighted by Crippen LogP contribution is 2.31. The van der Waals surface area contributed by atoms with Crippen molar-refractivity contribution < 1.29 is 5.11 Å². The topological polar surface area (TPSA) is 20.2 Å². The van der Waals surface area contributed by atoms with E-state index in [0.717, 1.165) is 11.1 Å². The molecular formula is C11H11ClOS. The number of halogens is 1. The third kappa shape index (κ3) is 1.44. The lowest BCUT2D eigenvalue weighted by Gasteiger charge is -2.08. The molecule has 1 N–H and O–H groups in total. The first-order valence-electron chi connectivity index (χ1n) is 4.43. The summed E-state index contributed by atoms with van der Waals surface area (Å²) >= 11 is 7.58. The fraction of sp³-hybridized carbons (Fsp3) is 0.273. The van der Waals surface area contributed by atoms with Gasteiger partial charge >= 0.3 is 0 Å². The molecule has 0 amide bonds. The van der Waals surface area contributed by atoms with Crippen molar-refractivity contribution in [3.8, 4) is 0 Å². The summed E-state index contributed by atoms with van der Waals surface area (Å²) < 4.78 is 1.21. The molecule has 1 aromatic heterocycles. The van der Waals surface area contributed by atoms with Crippen LogP contribution in [0.15, 0.2) is 17.5 Å². The Balaban J connectivity index is 2.82. The van der Waals surface area contributed by atoms with Crippen molar-refractivity contribution in [3.63, 3.8) is 0 Å². The van der Waals surface area contributed by atoms with Crippen LogP contribution >= 0.6 is 22.9 Å². The Bertz CT molecular complexity index is 462. The summed E-state index contributed by atoms with van der Waals surface area (Å²) in [6.45, 7) is 2.13. The lowest BCUT2D eigenvalue weighted by atomic mass is 10.0. The van der Waals surface area contributed by atoms with Crippen LogP contribution in [-0.4, -0.2) is 5.11 Å². The molecule has 1 heterocycles. The Labute approximate surface area is 91.9 Å². The molecule has 0 saturated carbocycles. The van der Waals surface area contributed by atoms with Gasteiger partial charge in [-0.05, 0) is 40.4 Å². The van der Waals surface area contributed by atoms with Gasteiger partial charge in [0.2, 0.25) is 0 Å². The maximum atomic E-state index is 9.22. The first-order chi connectivity index (χ1) is 6.77. The van der Waals surface area contributed by atoms with Gasteiger partial charge in [-0.25, -0.2) is 0 Å². The van der Waals surface area contributed by atoms with Crippen LogP contribution in [0.2, 0.25) is 0 Å². The molecule has 0 atom stereocenters. The Morgan fingerprint density at radius 3 is 2.93 bits per heavy atom. The Kier molecular flexibility index (Phi) is 2.77. The largest absolute Gasteiger partial charge is 0.392 e. The summed E-state index contributed by atoms with van der Waals surface area (Å²) in [5.41, 5.74) is 3.23. The second-order valence-corrected chi connectivity index (χ2v) is 4.47. The highest BCUT2D eigenvalue weighted by molar-refractivity contribution is 7.17. The van der Waals surface area contributed by atoms with Gasteiger partial charge in [0.25, 0.3) is 0 Å². The molecule has 0 saturated heterocycles. The second-order valence-electron chi connectivity index (χ2n) is 3.29. The monoisotopic (exact) mass is 226 g/mol. The van der Waals surface area contributed by atoms with Crippen molar-refractivity contribution >= 4 is 33.0 Å². The maximum absolute atomic E-state index is 9.22. The van der Waals surface area contributed by atoms with Gasteiger partial charge in [-0.2, -0.15) is 0 Å². The maximum Gasteiger partial charge on any atom is 0.0685 e. The molecule has 2 aromatic rings. The minimum absolute atomic E-state index is 0.0662. The van der Waals surface area contributed by atoms with Crippen LogP contribution in [0, 0.1) is 6.92 Å². The molecule has 74 valence electrons. The van der Waals surface area contributed by atoms with Gasteiger partial charge in [0.05, 0.1) is 6.61 Å². The molecule has 0 aliphatic carbocycles. The molecule has 0 fully saturated rings. The Hall–Kier alpha value is -0.570. The average molecular weight is 227 g/mol. The SMILES string of the molecule is Cc1cc(CO)c(CCl)c2sccc12. The van der Waals surface area contributed by atoms with Gasteiger partial charge < -0.3 is 5.11 Å². The van der Waals surface area contributed by atoms with Crippen molar-refractivity contribution in [1.82, 2.24) is 0 Å². The first-order valence-corrected chi connectivity index (χ1v) is 5.84. The number of hydrogen-bond acceptors (Lipinski definition) is 2. The summed E-state index contributed by atoms with van der Waals surface area (Å²) in [6.07, 6.45) is 0. The number of rotatable bonds is 2. The number of hydrogen-bond donors (Lipinski definition) is 1. The number of benzene rings is 1. The molecular weight excluding hydrogens is 216 g/mol. The number of fused-ring (bicyclic) bond motifs is 1. The van der Waals surface area contributed by atoms with Crippen LogP contribution in [0.1, 0.15) is 16.7 Å². The molecule has 0 aliphatic rings. The van der Waals surface area contributed by atoms with Crippen molar-refractivity contribution in [2.24, 2.45) is 0 Å². The summed E-state index contributed by atoms with van der Waals surface area (Å²) in [6, 6.07) is 4.12. The minimum Gasteiger partial charge on any atom is -0.392 e. The van der Waals surface area contributed by atoms with E-state index in [1.54, 1.807) is 11.3 Å². The fourth-order valence-electron chi connectivity index (χ4n) is 1.71. The molecule has 3 heteroatoms. The number of aliphatic hydroxyl groups excluding tert-OH is 1. The van der Waals surface area contributed by atoms with Crippen molar-refractivity contribution in [3.05, 3.63) is 34.2 Å². The molecule has 0 unspecified atom stereocenters. The first kappa shape index (κ1) is 9.97. The van der Waals surface area contributed by atoms with E-state index in [0.29, 0.717) is 5.88 Å². The predicted molar refractivity (Wildman–Crippen MR) is 62.0 cm³/mol. The van der Waals surface area contributed by atoms with Crippen LogP contribution in [0.4, 0.5) is 0 Å². The zero-order chi connectivity index (χ0) is 10.1. The van der Waals surface area contributed by atoms with Gasteiger partial charge in [-0.15, -0.1) is 22.9 Å². The number of thiophene rings is 1. The van der Waals surface area contributed by atoms with Gasteiger partial charge in [-0.1, -0.05) is 6.07 Å². The van der Waals surface area contributed by atoms with Crippen LogP contribution in [-0.2, 0) is 12.5 Å². The highest BCUT2D eigenvalue weighted by Gasteiger charge is 2.09. The molecule has 0 bridgehead atoms. The normalized spacial score (nSPS) is 11.1. The van der Waals surface area contributed by atoms with Crippen molar-refractivity contribution in [1.29, 1.82) is 0 Å². The third-order valence-corrected chi connectivity index (χ3v) is 3.69. The summed E-state index contributed by atoms with van der Waals surface area (Å²) in [5, 5.41) is 12.5. The van der Waals surface area contributed by atoms with Crippen molar-refractivity contribution in [2.75, 3.05) is 0 Å². The molecule has 14 heavy (non-hydrogen) atoms. The summed E-state index contributed by atoms with van der Waals surface area (Å²) in [4.78, 5) is 0. The van der Waals surface area contributed by atoms with E-state index >= 15 is 0 Å². The zero-order valence-corrected chi connectivity index (χ0v) is 9.45. The smallest absolute Gasteiger partial charge is 0.0685 e. The van der Waals surface area contributed by atoms with E-state index in [2.05, 4.69) is 18.4 Å². The fourth-order valence-corrected chi connectivity index (χ4v) is 3.14. The third-order valence-electron chi connectivity index (χ3n) is 2.45. The van der Waals surface area contributed by atoms with E-state index in [9.17, 15) is 5.11 Å². The Morgan fingerprint density at radius 2 is 2.29 bits per heavy atom. The van der Waals surface area contributed by atoms with Crippen molar-refractivity contribution in [2.45, 2.75) is 19.4 Å². The highest BCUT2D eigenvalue weighted by atomic mass is 35.5. The van der Waals surface area contributed by atoms with Crippen LogP contribution in [0.25, 0.3) is 10.1 Å². The van der Waals surface area contributed by atoms with Gasteiger partial charge in [-0.3, -0.25) is 0 Å². The quantitative estimate of drug-likeness (QED) is 0.778. The standard InChI is InChI=1S/C11H11ClOS/c1-7-4-8(6-13)10(5-12)11-9(7)2-3-14-11/h2-4,13H,5-6H2,1H3. The number of aliphatic hydroxyl groups is 1. The van der Waals surface area contributed by atoms with E-state index in [-0.39, 0.29) is 6.61 Å². The van der Waals surface area contributed by atoms with E-state index in [1.807, 2.05) is 6.07 Å². The van der Waals surface area contributed by atoms with E-state index in [4.69, 9.17) is 11.6 Å². The Morgan fingerprint density at radius 1 is 1.50 bits per heavy atom. The molecule has 0 aliphatic heterocycles. The molecule has 1 nitrogen and oxygen atoms in total. The zero-order valence-electron chi connectivity index (χ0n) is 7.88. The average Bonchev–Trinajstić information content (AvgIpc) is 2.66. The lowest BCUT2D eigenvalue weighted by molar-refractivity contribution is 0.281.